The second kappa shape index (κ2) is 7.25. The van der Waals surface area contributed by atoms with E-state index >= 15 is 0 Å². The first-order valence-electron chi connectivity index (χ1n) is 5.72. The molecule has 0 aromatic heterocycles. The van der Waals surface area contributed by atoms with Gasteiger partial charge in [-0.05, 0) is 18.6 Å². The Morgan fingerprint density at radius 2 is 2.22 bits per heavy atom. The van der Waals surface area contributed by atoms with E-state index < -0.39 is 18.0 Å². The van der Waals surface area contributed by atoms with Crippen LogP contribution in [0.15, 0.2) is 0 Å². The molecule has 1 fully saturated rings. The van der Waals surface area contributed by atoms with Crippen LogP contribution in [-0.2, 0) is 19.1 Å². The number of aliphatic carboxylic acids is 1. The molecule has 6 nitrogen and oxygen atoms in total. The molecule has 2 N–H and O–H groups in total. The van der Waals surface area contributed by atoms with Gasteiger partial charge in [-0.15, -0.1) is 0 Å². The van der Waals surface area contributed by atoms with E-state index in [4.69, 9.17) is 5.11 Å². The van der Waals surface area contributed by atoms with E-state index in [9.17, 15) is 14.4 Å². The maximum atomic E-state index is 11.8. The van der Waals surface area contributed by atoms with Crippen LogP contribution in [0.5, 0.6) is 0 Å². The van der Waals surface area contributed by atoms with Gasteiger partial charge >= 0.3 is 11.9 Å². The van der Waals surface area contributed by atoms with Gasteiger partial charge in [0.1, 0.15) is 6.04 Å². The summed E-state index contributed by atoms with van der Waals surface area (Å²) in [5.74, 6) is -0.301. The molecule has 7 heteroatoms. The molecular weight excluding hydrogens is 258 g/mol. The first kappa shape index (κ1) is 14.8. The van der Waals surface area contributed by atoms with Crippen molar-refractivity contribution in [2.75, 3.05) is 18.6 Å². The van der Waals surface area contributed by atoms with Crippen molar-refractivity contribution in [2.24, 2.45) is 5.92 Å². The van der Waals surface area contributed by atoms with Gasteiger partial charge in [0.25, 0.3) is 0 Å². The molecule has 0 bridgehead atoms. The van der Waals surface area contributed by atoms with Crippen LogP contribution < -0.4 is 5.32 Å². The number of carbonyl (C=O) groups is 3. The van der Waals surface area contributed by atoms with E-state index in [2.05, 4.69) is 10.1 Å². The molecule has 1 aliphatic heterocycles. The number of esters is 1. The third kappa shape index (κ3) is 4.56. The number of carboxylic acids is 1. The molecule has 18 heavy (non-hydrogen) atoms. The number of amides is 1. The van der Waals surface area contributed by atoms with Crippen molar-refractivity contribution in [1.82, 2.24) is 5.32 Å². The van der Waals surface area contributed by atoms with Gasteiger partial charge in [-0.1, -0.05) is 0 Å². The molecule has 0 aliphatic carbocycles. The summed E-state index contributed by atoms with van der Waals surface area (Å²) in [7, 11) is 1.24. The summed E-state index contributed by atoms with van der Waals surface area (Å²) in [6.07, 6.45) is 0.806. The largest absolute Gasteiger partial charge is 0.480 e. The van der Waals surface area contributed by atoms with Gasteiger partial charge in [-0.3, -0.25) is 9.59 Å². The summed E-state index contributed by atoms with van der Waals surface area (Å²) in [6.45, 7) is 0. The molecule has 1 unspecified atom stereocenters. The van der Waals surface area contributed by atoms with Crippen molar-refractivity contribution in [3.8, 4) is 0 Å². The number of hydrogen-bond acceptors (Lipinski definition) is 5. The normalized spacial score (nSPS) is 20.2. The molecule has 2 atom stereocenters. The summed E-state index contributed by atoms with van der Waals surface area (Å²) in [4.78, 5) is 33.7. The van der Waals surface area contributed by atoms with Crippen LogP contribution in [-0.4, -0.2) is 47.6 Å². The van der Waals surface area contributed by atoms with Crippen LogP contribution in [0.1, 0.15) is 19.3 Å². The van der Waals surface area contributed by atoms with E-state index in [1.54, 1.807) is 11.8 Å². The Morgan fingerprint density at radius 3 is 2.72 bits per heavy atom. The van der Waals surface area contributed by atoms with Crippen molar-refractivity contribution < 1.29 is 24.2 Å². The molecule has 1 saturated heterocycles. The first-order chi connectivity index (χ1) is 8.54. The average Bonchev–Trinajstić information content (AvgIpc) is 2.87. The lowest BCUT2D eigenvalue weighted by Crippen LogP contribution is -2.44. The van der Waals surface area contributed by atoms with Gasteiger partial charge in [0, 0.05) is 18.1 Å². The monoisotopic (exact) mass is 275 g/mol. The Morgan fingerprint density at radius 1 is 1.50 bits per heavy atom. The average molecular weight is 275 g/mol. The molecule has 0 saturated carbocycles. The maximum absolute atomic E-state index is 11.8. The summed E-state index contributed by atoms with van der Waals surface area (Å²) in [5.41, 5.74) is 0. The quantitative estimate of drug-likeness (QED) is 0.676. The molecule has 1 rings (SSSR count). The number of ether oxygens (including phenoxy) is 1. The zero-order valence-corrected chi connectivity index (χ0v) is 11.0. The number of methoxy groups -OCH3 is 1. The van der Waals surface area contributed by atoms with Gasteiger partial charge < -0.3 is 15.2 Å². The second-order valence-corrected chi connectivity index (χ2v) is 5.22. The molecule has 0 aromatic rings. The lowest BCUT2D eigenvalue weighted by atomic mass is 10.1. The molecule has 0 radical (unpaired) electrons. The van der Waals surface area contributed by atoms with E-state index in [0.717, 1.165) is 17.9 Å². The van der Waals surface area contributed by atoms with Crippen LogP contribution in [0.4, 0.5) is 0 Å². The van der Waals surface area contributed by atoms with Crippen molar-refractivity contribution in [1.29, 1.82) is 0 Å². The van der Waals surface area contributed by atoms with E-state index in [-0.39, 0.29) is 24.7 Å². The van der Waals surface area contributed by atoms with E-state index in [0.29, 0.717) is 0 Å². The van der Waals surface area contributed by atoms with Gasteiger partial charge in [0.2, 0.25) is 5.91 Å². The molecule has 0 spiro atoms. The first-order valence-corrected chi connectivity index (χ1v) is 6.87. The fourth-order valence-corrected chi connectivity index (χ4v) is 2.87. The third-order valence-electron chi connectivity index (χ3n) is 2.78. The molecular formula is C11H17NO5S. The lowest BCUT2D eigenvalue weighted by Gasteiger charge is -2.16. The van der Waals surface area contributed by atoms with Crippen molar-refractivity contribution >= 4 is 29.6 Å². The molecule has 102 valence electrons. The van der Waals surface area contributed by atoms with Gasteiger partial charge in [0.15, 0.2) is 0 Å². The summed E-state index contributed by atoms with van der Waals surface area (Å²) >= 11 is 1.69. The number of nitrogens with one attached hydrogen (secondary N) is 1. The van der Waals surface area contributed by atoms with Crippen molar-refractivity contribution in [2.45, 2.75) is 25.3 Å². The van der Waals surface area contributed by atoms with Crippen molar-refractivity contribution in [3.63, 3.8) is 0 Å². The number of hydrogen-bond donors (Lipinski definition) is 2. The van der Waals surface area contributed by atoms with Crippen LogP contribution in [0.2, 0.25) is 0 Å². The highest BCUT2D eigenvalue weighted by Gasteiger charge is 2.28. The van der Waals surface area contributed by atoms with Crippen LogP contribution in [0, 0.1) is 5.92 Å². The molecule has 0 aromatic carbocycles. The topological polar surface area (TPSA) is 92.7 Å². The van der Waals surface area contributed by atoms with Crippen LogP contribution in [0.25, 0.3) is 0 Å². The second-order valence-electron chi connectivity index (χ2n) is 4.07. The predicted molar refractivity (Wildman–Crippen MR) is 66.2 cm³/mol. The summed E-state index contributed by atoms with van der Waals surface area (Å²) < 4.78 is 4.44. The van der Waals surface area contributed by atoms with E-state index in [1.807, 2.05) is 0 Å². The predicted octanol–water partition coefficient (Wildman–Crippen LogP) is 0.262. The summed E-state index contributed by atoms with van der Waals surface area (Å²) in [5, 5.41) is 11.5. The smallest absolute Gasteiger partial charge is 0.326 e. The summed E-state index contributed by atoms with van der Waals surface area (Å²) in [6, 6.07) is -1.03. The maximum Gasteiger partial charge on any atom is 0.326 e. The minimum absolute atomic E-state index is 0.0207. The van der Waals surface area contributed by atoms with Crippen LogP contribution >= 0.6 is 11.8 Å². The Hall–Kier alpha value is -1.24. The van der Waals surface area contributed by atoms with Gasteiger partial charge in [-0.2, -0.15) is 11.8 Å². The Kier molecular flexibility index (Phi) is 5.97. The minimum atomic E-state index is -1.13. The molecule has 1 amide bonds. The lowest BCUT2D eigenvalue weighted by molar-refractivity contribution is -0.144. The highest BCUT2D eigenvalue weighted by Crippen LogP contribution is 2.23. The number of rotatable bonds is 6. The van der Waals surface area contributed by atoms with Crippen LogP contribution in [0.3, 0.4) is 0 Å². The van der Waals surface area contributed by atoms with Gasteiger partial charge in [0.05, 0.1) is 7.11 Å². The molecule has 1 heterocycles. The number of thioether (sulfide) groups is 1. The third-order valence-corrected chi connectivity index (χ3v) is 3.94. The zero-order chi connectivity index (χ0) is 13.5. The highest BCUT2D eigenvalue weighted by molar-refractivity contribution is 7.99. The van der Waals surface area contributed by atoms with Gasteiger partial charge in [-0.25, -0.2) is 4.79 Å². The Balaban J connectivity index is 2.44. The standard InChI is InChI=1S/C11H17NO5S/c1-17-9(13)3-2-8(11(15)16)12-10(14)7-4-5-18-6-7/h7-8H,2-6H2,1H3,(H,12,14)(H,15,16)/t7?,8-/m0/s1. The Bertz CT molecular complexity index is 327. The zero-order valence-electron chi connectivity index (χ0n) is 10.2. The van der Waals surface area contributed by atoms with Crippen molar-refractivity contribution in [3.05, 3.63) is 0 Å². The minimum Gasteiger partial charge on any atom is -0.480 e. The fraction of sp³-hybridized carbons (Fsp3) is 0.727. The van der Waals surface area contributed by atoms with E-state index in [1.165, 1.54) is 7.11 Å². The highest BCUT2D eigenvalue weighted by atomic mass is 32.2. The number of carboxylic acid groups (broad SMARTS) is 1. The number of carbonyl (C=O) groups excluding carboxylic acids is 2. The molecule has 1 aliphatic rings. The Labute approximate surface area is 109 Å². The SMILES string of the molecule is COC(=O)CC[C@H](NC(=O)C1CCSC1)C(=O)O. The fourth-order valence-electron chi connectivity index (χ4n) is 1.65.